The molecule has 0 saturated heterocycles. The highest BCUT2D eigenvalue weighted by molar-refractivity contribution is 5.90. The maximum atomic E-state index is 11.9. The van der Waals surface area contributed by atoms with Crippen molar-refractivity contribution in [2.24, 2.45) is 0 Å². The second-order valence-corrected chi connectivity index (χ2v) is 3.92. The van der Waals surface area contributed by atoms with Crippen LogP contribution in [0.25, 0.3) is 0 Å². The number of carbonyl (C=O) groups excluding carboxylic acids is 1. The molecule has 0 unspecified atom stereocenters. The van der Waals surface area contributed by atoms with Crippen LogP contribution in [0.2, 0.25) is 0 Å². The topological polar surface area (TPSA) is 75.0 Å². The van der Waals surface area contributed by atoms with Gasteiger partial charge in [0.05, 0.1) is 6.54 Å². The van der Waals surface area contributed by atoms with Crippen LogP contribution >= 0.6 is 0 Å². The van der Waals surface area contributed by atoms with Crippen molar-refractivity contribution in [2.75, 3.05) is 7.05 Å². The SMILES string of the molecule is Cc1nc(C(=O)N(C)Cc2ccc(C)o2)n[nH]1. The number of carbonyl (C=O) groups is 1. The van der Waals surface area contributed by atoms with Crippen molar-refractivity contribution in [1.82, 2.24) is 20.1 Å². The summed E-state index contributed by atoms with van der Waals surface area (Å²) in [5.74, 6) is 2.13. The number of aryl methyl sites for hydroxylation is 2. The van der Waals surface area contributed by atoms with E-state index in [9.17, 15) is 4.79 Å². The minimum atomic E-state index is -0.233. The molecule has 2 aromatic rings. The van der Waals surface area contributed by atoms with Gasteiger partial charge in [0.1, 0.15) is 17.3 Å². The number of furan rings is 1. The molecule has 0 bridgehead atoms. The van der Waals surface area contributed by atoms with Gasteiger partial charge >= 0.3 is 0 Å². The molecule has 0 aliphatic heterocycles. The number of hydrogen-bond donors (Lipinski definition) is 1. The van der Waals surface area contributed by atoms with Gasteiger partial charge in [0.15, 0.2) is 0 Å². The van der Waals surface area contributed by atoms with Gasteiger partial charge in [-0.15, -0.1) is 5.10 Å². The molecule has 0 radical (unpaired) electrons. The molecule has 1 amide bonds. The average Bonchev–Trinajstić information content (AvgIpc) is 2.87. The zero-order chi connectivity index (χ0) is 12.4. The second-order valence-electron chi connectivity index (χ2n) is 3.92. The molecule has 1 N–H and O–H groups in total. The van der Waals surface area contributed by atoms with Crippen molar-refractivity contribution < 1.29 is 9.21 Å². The maximum Gasteiger partial charge on any atom is 0.293 e. The van der Waals surface area contributed by atoms with E-state index in [0.29, 0.717) is 12.4 Å². The molecular weight excluding hydrogens is 220 g/mol. The molecule has 6 nitrogen and oxygen atoms in total. The Hall–Kier alpha value is -2.11. The molecule has 0 fully saturated rings. The molecular formula is C11H14N4O2. The molecule has 2 heterocycles. The number of nitrogens with one attached hydrogen (secondary N) is 1. The monoisotopic (exact) mass is 234 g/mol. The van der Waals surface area contributed by atoms with Crippen molar-refractivity contribution in [3.8, 4) is 0 Å². The Morgan fingerprint density at radius 1 is 1.47 bits per heavy atom. The zero-order valence-electron chi connectivity index (χ0n) is 10.0. The first-order valence-corrected chi connectivity index (χ1v) is 5.26. The summed E-state index contributed by atoms with van der Waals surface area (Å²) in [5.41, 5.74) is 0. The third-order valence-corrected chi connectivity index (χ3v) is 2.32. The molecule has 2 rings (SSSR count). The first-order chi connectivity index (χ1) is 8.06. The summed E-state index contributed by atoms with van der Waals surface area (Å²) in [6, 6.07) is 3.72. The van der Waals surface area contributed by atoms with Gasteiger partial charge in [-0.25, -0.2) is 4.98 Å². The fraction of sp³-hybridized carbons (Fsp3) is 0.364. The predicted octanol–water partition coefficient (Wildman–Crippen LogP) is 1.29. The van der Waals surface area contributed by atoms with Gasteiger partial charge in [0.25, 0.3) is 5.91 Å². The average molecular weight is 234 g/mol. The first-order valence-electron chi connectivity index (χ1n) is 5.26. The Bertz CT molecular complexity index is 529. The third-order valence-electron chi connectivity index (χ3n) is 2.32. The van der Waals surface area contributed by atoms with Gasteiger partial charge in [-0.3, -0.25) is 9.89 Å². The number of hydrogen-bond acceptors (Lipinski definition) is 4. The van der Waals surface area contributed by atoms with E-state index < -0.39 is 0 Å². The third kappa shape index (κ3) is 2.52. The van der Waals surface area contributed by atoms with Gasteiger partial charge in [0.2, 0.25) is 5.82 Å². The summed E-state index contributed by atoms with van der Waals surface area (Å²) < 4.78 is 5.40. The predicted molar refractivity (Wildman–Crippen MR) is 60.4 cm³/mol. The van der Waals surface area contributed by atoms with Crippen molar-refractivity contribution in [3.63, 3.8) is 0 Å². The first kappa shape index (κ1) is 11.4. The van der Waals surface area contributed by atoms with Crippen LogP contribution in [0.4, 0.5) is 0 Å². The lowest BCUT2D eigenvalue weighted by Gasteiger charge is -2.13. The molecule has 0 atom stereocenters. The molecule has 0 aliphatic carbocycles. The normalized spacial score (nSPS) is 10.5. The minimum absolute atomic E-state index is 0.174. The lowest BCUT2D eigenvalue weighted by molar-refractivity contribution is 0.0763. The van der Waals surface area contributed by atoms with Gasteiger partial charge in [-0.05, 0) is 26.0 Å². The van der Waals surface area contributed by atoms with Gasteiger partial charge in [-0.1, -0.05) is 0 Å². The number of H-pyrrole nitrogens is 1. The van der Waals surface area contributed by atoms with Crippen molar-refractivity contribution in [3.05, 3.63) is 35.3 Å². The summed E-state index contributed by atoms with van der Waals surface area (Å²) in [4.78, 5) is 17.4. The van der Waals surface area contributed by atoms with Crippen LogP contribution in [-0.2, 0) is 6.54 Å². The highest BCUT2D eigenvalue weighted by atomic mass is 16.3. The second kappa shape index (κ2) is 4.40. The lowest BCUT2D eigenvalue weighted by Crippen LogP contribution is -2.27. The molecule has 0 saturated carbocycles. The Balaban J connectivity index is 2.05. The quantitative estimate of drug-likeness (QED) is 0.868. The van der Waals surface area contributed by atoms with E-state index in [4.69, 9.17) is 4.42 Å². The van der Waals surface area contributed by atoms with E-state index in [1.807, 2.05) is 19.1 Å². The fourth-order valence-electron chi connectivity index (χ4n) is 1.48. The van der Waals surface area contributed by atoms with E-state index in [-0.39, 0.29) is 11.7 Å². The van der Waals surface area contributed by atoms with Gasteiger partial charge < -0.3 is 9.32 Å². The van der Waals surface area contributed by atoms with Crippen molar-refractivity contribution in [2.45, 2.75) is 20.4 Å². The number of amides is 1. The smallest absolute Gasteiger partial charge is 0.293 e. The molecule has 2 aromatic heterocycles. The summed E-state index contributed by atoms with van der Waals surface area (Å²) in [6.45, 7) is 4.02. The van der Waals surface area contributed by atoms with Crippen LogP contribution < -0.4 is 0 Å². The highest BCUT2D eigenvalue weighted by Crippen LogP contribution is 2.09. The molecule has 0 spiro atoms. The Kier molecular flexibility index (Phi) is 2.95. The number of aromatic amines is 1. The van der Waals surface area contributed by atoms with Crippen LogP contribution in [0.1, 0.15) is 28.0 Å². The maximum absolute atomic E-state index is 11.9. The van der Waals surface area contributed by atoms with Crippen LogP contribution in [0.15, 0.2) is 16.5 Å². The Morgan fingerprint density at radius 2 is 2.24 bits per heavy atom. The zero-order valence-corrected chi connectivity index (χ0v) is 10.0. The van der Waals surface area contributed by atoms with Crippen molar-refractivity contribution >= 4 is 5.91 Å². The summed E-state index contributed by atoms with van der Waals surface area (Å²) in [7, 11) is 1.69. The minimum Gasteiger partial charge on any atom is -0.464 e. The summed E-state index contributed by atoms with van der Waals surface area (Å²) in [6.07, 6.45) is 0. The lowest BCUT2D eigenvalue weighted by atomic mass is 10.4. The Labute approximate surface area is 98.6 Å². The standard InChI is InChI=1S/C11H14N4O2/c1-7-4-5-9(17-7)6-15(3)11(16)10-12-8(2)13-14-10/h4-5H,6H2,1-3H3,(H,12,13,14). The summed E-state index contributed by atoms with van der Waals surface area (Å²) >= 11 is 0. The van der Waals surface area contributed by atoms with E-state index >= 15 is 0 Å². The molecule has 0 aromatic carbocycles. The number of nitrogens with zero attached hydrogens (tertiary/aromatic N) is 3. The van der Waals surface area contributed by atoms with Crippen LogP contribution in [0.5, 0.6) is 0 Å². The van der Waals surface area contributed by atoms with Crippen LogP contribution in [0, 0.1) is 13.8 Å². The van der Waals surface area contributed by atoms with E-state index in [0.717, 1.165) is 11.5 Å². The fourth-order valence-corrected chi connectivity index (χ4v) is 1.48. The summed E-state index contributed by atoms with van der Waals surface area (Å²) in [5, 5.41) is 6.47. The highest BCUT2D eigenvalue weighted by Gasteiger charge is 2.17. The van der Waals surface area contributed by atoms with E-state index in [1.54, 1.807) is 14.0 Å². The number of rotatable bonds is 3. The van der Waals surface area contributed by atoms with E-state index in [1.165, 1.54) is 4.90 Å². The Morgan fingerprint density at radius 3 is 2.76 bits per heavy atom. The molecule has 17 heavy (non-hydrogen) atoms. The van der Waals surface area contributed by atoms with Crippen LogP contribution in [0.3, 0.4) is 0 Å². The van der Waals surface area contributed by atoms with Gasteiger partial charge in [0, 0.05) is 7.05 Å². The largest absolute Gasteiger partial charge is 0.464 e. The molecule has 6 heteroatoms. The van der Waals surface area contributed by atoms with Gasteiger partial charge in [-0.2, -0.15) is 0 Å². The van der Waals surface area contributed by atoms with E-state index in [2.05, 4.69) is 15.2 Å². The molecule has 90 valence electrons. The molecule has 0 aliphatic rings. The van der Waals surface area contributed by atoms with Crippen molar-refractivity contribution in [1.29, 1.82) is 0 Å². The van der Waals surface area contributed by atoms with Crippen LogP contribution in [-0.4, -0.2) is 33.0 Å². The number of aromatic nitrogens is 3.